The van der Waals surface area contributed by atoms with Crippen LogP contribution in [-0.2, 0) is 27.5 Å². The minimum absolute atomic E-state index is 0.215. The number of ether oxygens (including phenoxy) is 1. The molecule has 0 spiro atoms. The molecule has 0 aliphatic carbocycles. The van der Waals surface area contributed by atoms with Crippen LogP contribution in [-0.4, -0.2) is 47.8 Å². The van der Waals surface area contributed by atoms with E-state index in [4.69, 9.17) is 4.74 Å². The van der Waals surface area contributed by atoms with Crippen LogP contribution >= 0.6 is 0 Å². The molecule has 0 fully saturated rings. The Morgan fingerprint density at radius 3 is 2.62 bits per heavy atom. The molecule has 1 amide bonds. The Labute approximate surface area is 124 Å². The average molecular weight is 313 g/mol. The van der Waals surface area contributed by atoms with Gasteiger partial charge in [-0.2, -0.15) is 0 Å². The molecule has 1 aliphatic rings. The van der Waals surface area contributed by atoms with Gasteiger partial charge in [-0.05, 0) is 32.8 Å². The topological polar surface area (TPSA) is 89.5 Å². The average Bonchev–Trinajstić information content (AvgIpc) is 2.34. The van der Waals surface area contributed by atoms with Gasteiger partial charge in [0.25, 0.3) is 0 Å². The van der Waals surface area contributed by atoms with Crippen molar-refractivity contribution in [2.75, 3.05) is 12.8 Å². The Morgan fingerprint density at radius 2 is 2.05 bits per heavy atom. The minimum atomic E-state index is -3.46. The maximum Gasteiger partial charge on any atom is 0.410 e. The fourth-order valence-electron chi connectivity index (χ4n) is 1.95. The Balaban J connectivity index is 2.21. The Kier molecular flexibility index (Phi) is 3.92. The largest absolute Gasteiger partial charge is 0.444 e. The van der Waals surface area contributed by atoms with Gasteiger partial charge in [0.2, 0.25) is 15.0 Å². The number of hydrogen-bond donors (Lipinski definition) is 0. The second kappa shape index (κ2) is 5.25. The van der Waals surface area contributed by atoms with E-state index in [2.05, 4.69) is 9.97 Å². The predicted octanol–water partition coefficient (Wildman–Crippen LogP) is 1.17. The van der Waals surface area contributed by atoms with Crippen LogP contribution in [0.5, 0.6) is 0 Å². The van der Waals surface area contributed by atoms with Crippen molar-refractivity contribution in [1.29, 1.82) is 0 Å². The van der Waals surface area contributed by atoms with Gasteiger partial charge in [0.1, 0.15) is 5.60 Å². The lowest BCUT2D eigenvalue weighted by molar-refractivity contribution is 0.0220. The van der Waals surface area contributed by atoms with Crippen molar-refractivity contribution in [2.45, 2.75) is 44.5 Å². The molecule has 7 nitrogen and oxygen atoms in total. The third kappa shape index (κ3) is 3.90. The lowest BCUT2D eigenvalue weighted by atomic mass is 10.1. The number of carbonyl (C=O) groups excluding carboxylic acids is 1. The molecular formula is C13H19N3O4S. The SMILES string of the molecule is CC(C)(C)OC(=O)N1CCc2cnc(S(C)(=O)=O)nc2C1. The van der Waals surface area contributed by atoms with Gasteiger partial charge in [0.05, 0.1) is 12.2 Å². The number of fused-ring (bicyclic) bond motifs is 1. The number of nitrogens with zero attached hydrogens (tertiary/aromatic N) is 3. The summed E-state index contributed by atoms with van der Waals surface area (Å²) in [4.78, 5) is 21.5. The monoisotopic (exact) mass is 313 g/mol. The van der Waals surface area contributed by atoms with E-state index in [1.165, 1.54) is 11.1 Å². The molecule has 8 heteroatoms. The number of sulfone groups is 1. The zero-order valence-corrected chi connectivity index (χ0v) is 13.4. The molecule has 0 aromatic carbocycles. The van der Waals surface area contributed by atoms with Crippen molar-refractivity contribution in [3.8, 4) is 0 Å². The van der Waals surface area contributed by atoms with Crippen molar-refractivity contribution >= 4 is 15.9 Å². The summed E-state index contributed by atoms with van der Waals surface area (Å²) in [7, 11) is -3.46. The molecule has 1 aromatic rings. The van der Waals surface area contributed by atoms with Crippen molar-refractivity contribution in [2.24, 2.45) is 0 Å². The highest BCUT2D eigenvalue weighted by Crippen LogP contribution is 2.20. The van der Waals surface area contributed by atoms with Crippen molar-refractivity contribution in [1.82, 2.24) is 14.9 Å². The van der Waals surface area contributed by atoms with Crippen molar-refractivity contribution in [3.63, 3.8) is 0 Å². The normalized spacial score (nSPS) is 15.5. The van der Waals surface area contributed by atoms with E-state index in [-0.39, 0.29) is 11.7 Å². The van der Waals surface area contributed by atoms with Gasteiger partial charge in [0.15, 0.2) is 0 Å². The zero-order chi connectivity index (χ0) is 15.8. The summed E-state index contributed by atoms with van der Waals surface area (Å²) in [6.07, 6.45) is 2.74. The second-order valence-electron chi connectivity index (χ2n) is 6.05. The van der Waals surface area contributed by atoms with Gasteiger partial charge in [0, 0.05) is 19.0 Å². The highest BCUT2D eigenvalue weighted by Gasteiger charge is 2.27. The first kappa shape index (κ1) is 15.7. The summed E-state index contributed by atoms with van der Waals surface area (Å²) < 4.78 is 28.3. The number of hydrogen-bond acceptors (Lipinski definition) is 6. The lowest BCUT2D eigenvalue weighted by Crippen LogP contribution is -2.40. The molecule has 1 aliphatic heterocycles. The van der Waals surface area contributed by atoms with E-state index in [1.54, 1.807) is 20.8 Å². The molecule has 0 N–H and O–H groups in total. The van der Waals surface area contributed by atoms with Gasteiger partial charge in [-0.15, -0.1) is 0 Å². The van der Waals surface area contributed by atoms with E-state index >= 15 is 0 Å². The smallest absolute Gasteiger partial charge is 0.410 e. The van der Waals surface area contributed by atoms with Crippen LogP contribution in [0.4, 0.5) is 4.79 Å². The third-order valence-corrected chi connectivity index (χ3v) is 3.77. The second-order valence-corrected chi connectivity index (χ2v) is 7.96. The lowest BCUT2D eigenvalue weighted by Gasteiger charge is -2.30. The van der Waals surface area contributed by atoms with Crippen LogP contribution in [0, 0.1) is 0 Å². The molecule has 21 heavy (non-hydrogen) atoms. The van der Waals surface area contributed by atoms with E-state index < -0.39 is 21.5 Å². The summed E-state index contributed by atoms with van der Waals surface area (Å²) in [5, 5.41) is -0.215. The summed E-state index contributed by atoms with van der Waals surface area (Å²) >= 11 is 0. The first-order chi connectivity index (χ1) is 9.56. The molecule has 0 unspecified atom stereocenters. The standard InChI is InChI=1S/C13H19N3O4S/c1-13(2,3)20-12(17)16-6-5-9-7-14-11(21(4,18)19)15-10(9)8-16/h7H,5-6,8H2,1-4H3. The molecule has 0 radical (unpaired) electrons. The van der Waals surface area contributed by atoms with Crippen LogP contribution < -0.4 is 0 Å². The van der Waals surface area contributed by atoms with Gasteiger partial charge >= 0.3 is 6.09 Å². The number of rotatable bonds is 1. The molecule has 116 valence electrons. The number of amides is 1. The summed E-state index contributed by atoms with van der Waals surface area (Å²) in [5.74, 6) is 0. The Bertz CT molecular complexity index is 664. The minimum Gasteiger partial charge on any atom is -0.444 e. The molecule has 0 bridgehead atoms. The summed E-state index contributed by atoms with van der Waals surface area (Å²) in [5.41, 5.74) is 0.853. The molecule has 0 saturated carbocycles. The Morgan fingerprint density at radius 1 is 1.38 bits per heavy atom. The van der Waals surface area contributed by atoms with E-state index in [1.807, 2.05) is 0 Å². The molecule has 0 saturated heterocycles. The van der Waals surface area contributed by atoms with Crippen LogP contribution in [0.3, 0.4) is 0 Å². The molecule has 1 aromatic heterocycles. The van der Waals surface area contributed by atoms with Crippen molar-refractivity contribution < 1.29 is 17.9 Å². The van der Waals surface area contributed by atoms with Crippen LogP contribution in [0.25, 0.3) is 0 Å². The van der Waals surface area contributed by atoms with E-state index in [0.29, 0.717) is 18.7 Å². The molecular weight excluding hydrogens is 294 g/mol. The molecule has 2 heterocycles. The van der Waals surface area contributed by atoms with Crippen LogP contribution in [0.15, 0.2) is 11.4 Å². The first-order valence-corrected chi connectivity index (χ1v) is 8.48. The highest BCUT2D eigenvalue weighted by atomic mass is 32.2. The van der Waals surface area contributed by atoms with Gasteiger partial charge in [-0.25, -0.2) is 23.2 Å². The Hall–Kier alpha value is -1.70. The fraction of sp³-hybridized carbons (Fsp3) is 0.615. The quantitative estimate of drug-likeness (QED) is 0.723. The summed E-state index contributed by atoms with van der Waals surface area (Å²) in [6, 6.07) is 0. The van der Waals surface area contributed by atoms with E-state index in [9.17, 15) is 13.2 Å². The van der Waals surface area contributed by atoms with Crippen molar-refractivity contribution in [3.05, 3.63) is 17.5 Å². The fourth-order valence-corrected chi connectivity index (χ4v) is 2.47. The van der Waals surface area contributed by atoms with E-state index in [0.717, 1.165) is 11.8 Å². The molecule has 2 rings (SSSR count). The van der Waals surface area contributed by atoms with Crippen LogP contribution in [0.2, 0.25) is 0 Å². The first-order valence-electron chi connectivity index (χ1n) is 6.59. The van der Waals surface area contributed by atoms with Gasteiger partial charge in [-0.1, -0.05) is 0 Å². The number of carbonyl (C=O) groups is 1. The third-order valence-electron chi connectivity index (χ3n) is 2.91. The van der Waals surface area contributed by atoms with Gasteiger partial charge in [-0.3, -0.25) is 0 Å². The number of aromatic nitrogens is 2. The highest BCUT2D eigenvalue weighted by molar-refractivity contribution is 7.90. The maximum absolute atomic E-state index is 12.0. The van der Waals surface area contributed by atoms with Crippen LogP contribution in [0.1, 0.15) is 32.0 Å². The van der Waals surface area contributed by atoms with Gasteiger partial charge < -0.3 is 9.64 Å². The molecule has 0 atom stereocenters. The summed E-state index contributed by atoms with van der Waals surface area (Å²) in [6.45, 7) is 6.13. The zero-order valence-electron chi connectivity index (χ0n) is 12.6. The maximum atomic E-state index is 12.0. The predicted molar refractivity (Wildman–Crippen MR) is 75.5 cm³/mol.